The highest BCUT2D eigenvalue weighted by molar-refractivity contribution is 5.99. The van der Waals surface area contributed by atoms with Crippen LogP contribution in [0.2, 0.25) is 0 Å². The summed E-state index contributed by atoms with van der Waals surface area (Å²) < 4.78 is 6.92. The average Bonchev–Trinajstić information content (AvgIpc) is 3.13. The number of aromatic nitrogens is 3. The van der Waals surface area contributed by atoms with E-state index < -0.39 is 0 Å². The Bertz CT molecular complexity index is 939. The highest BCUT2D eigenvalue weighted by atomic mass is 16.5. The lowest BCUT2D eigenvalue weighted by atomic mass is 10.0. The summed E-state index contributed by atoms with van der Waals surface area (Å²) in [6.07, 6.45) is 7.07. The number of rotatable bonds is 5. The molecule has 0 aliphatic carbocycles. The Kier molecular flexibility index (Phi) is 5.02. The van der Waals surface area contributed by atoms with E-state index in [0.717, 1.165) is 38.2 Å². The van der Waals surface area contributed by atoms with Crippen molar-refractivity contribution in [1.29, 1.82) is 0 Å². The van der Waals surface area contributed by atoms with E-state index in [1.165, 1.54) is 5.56 Å². The average molecular weight is 365 g/mol. The fraction of sp³-hybridized carbons (Fsp3) is 0.350. The summed E-state index contributed by atoms with van der Waals surface area (Å²) in [6, 6.07) is 10.0. The lowest BCUT2D eigenvalue weighted by molar-refractivity contribution is 0.0902. The third-order valence-corrected chi connectivity index (χ3v) is 4.90. The van der Waals surface area contributed by atoms with Crippen LogP contribution in [0.15, 0.2) is 48.9 Å². The van der Waals surface area contributed by atoms with Gasteiger partial charge in [0.25, 0.3) is 5.91 Å². The van der Waals surface area contributed by atoms with Crippen LogP contribution in [-0.2, 0) is 6.54 Å². The van der Waals surface area contributed by atoms with Crippen molar-refractivity contribution in [2.24, 2.45) is 0 Å². The lowest BCUT2D eigenvalue weighted by Gasteiger charge is -2.33. The topological polar surface area (TPSA) is 71.8 Å². The molecule has 3 aromatic rings. The van der Waals surface area contributed by atoms with E-state index in [2.05, 4.69) is 32.4 Å². The van der Waals surface area contributed by atoms with Crippen LogP contribution in [0, 0.1) is 0 Å². The molecule has 1 aromatic carbocycles. The molecule has 0 unspecified atom stereocenters. The standard InChI is InChI=1S/C20H23N5O2/c1-27-17-7-2-5-15(11-17)13-24-9-3-6-16(14-24)23-20(26)18-12-22-25-10-4-8-21-19(18)25/h2,4-5,7-8,10-12,16H,3,6,9,13-14H2,1H3,(H,23,26)/t16-/m0/s1. The van der Waals surface area contributed by atoms with Gasteiger partial charge in [-0.2, -0.15) is 5.10 Å². The summed E-state index contributed by atoms with van der Waals surface area (Å²) in [4.78, 5) is 19.3. The van der Waals surface area contributed by atoms with Crippen LogP contribution in [0.4, 0.5) is 0 Å². The number of hydrogen-bond donors (Lipinski definition) is 1. The van der Waals surface area contributed by atoms with Crippen molar-refractivity contribution in [3.8, 4) is 5.75 Å². The van der Waals surface area contributed by atoms with Gasteiger partial charge in [-0.1, -0.05) is 12.1 Å². The number of hydrogen-bond acceptors (Lipinski definition) is 5. The molecule has 1 aliphatic heterocycles. The molecule has 2 aromatic heterocycles. The Morgan fingerprint density at radius 3 is 3.19 bits per heavy atom. The molecule has 4 rings (SSSR count). The first-order chi connectivity index (χ1) is 13.2. The highest BCUT2D eigenvalue weighted by Gasteiger charge is 2.23. The Hall–Kier alpha value is -2.93. The molecule has 3 heterocycles. The molecule has 27 heavy (non-hydrogen) atoms. The molecule has 1 N–H and O–H groups in total. The summed E-state index contributed by atoms with van der Waals surface area (Å²) >= 11 is 0. The number of methoxy groups -OCH3 is 1. The van der Waals surface area contributed by atoms with Gasteiger partial charge in [-0.15, -0.1) is 0 Å². The summed E-state index contributed by atoms with van der Waals surface area (Å²) in [6.45, 7) is 2.71. The van der Waals surface area contributed by atoms with Crippen molar-refractivity contribution in [2.45, 2.75) is 25.4 Å². The monoisotopic (exact) mass is 365 g/mol. The maximum absolute atomic E-state index is 12.7. The van der Waals surface area contributed by atoms with Crippen molar-refractivity contribution in [2.75, 3.05) is 20.2 Å². The van der Waals surface area contributed by atoms with Crippen LogP contribution in [0.3, 0.4) is 0 Å². The summed E-state index contributed by atoms with van der Waals surface area (Å²) in [5.41, 5.74) is 2.31. The highest BCUT2D eigenvalue weighted by Crippen LogP contribution is 2.18. The zero-order chi connectivity index (χ0) is 18.6. The maximum atomic E-state index is 12.7. The second-order valence-corrected chi connectivity index (χ2v) is 6.85. The number of piperidine rings is 1. The molecule has 7 nitrogen and oxygen atoms in total. The number of carbonyl (C=O) groups excluding carboxylic acids is 1. The number of nitrogens with zero attached hydrogens (tertiary/aromatic N) is 4. The van der Waals surface area contributed by atoms with Crippen LogP contribution < -0.4 is 10.1 Å². The van der Waals surface area contributed by atoms with E-state index in [1.807, 2.05) is 12.1 Å². The van der Waals surface area contributed by atoms with Crippen LogP contribution in [0.5, 0.6) is 5.75 Å². The van der Waals surface area contributed by atoms with Gasteiger partial charge in [-0.3, -0.25) is 9.69 Å². The second-order valence-electron chi connectivity index (χ2n) is 6.85. The smallest absolute Gasteiger partial charge is 0.257 e. The molecule has 140 valence electrons. The minimum absolute atomic E-state index is 0.114. The van der Waals surface area contributed by atoms with E-state index in [0.29, 0.717) is 11.2 Å². The summed E-state index contributed by atoms with van der Waals surface area (Å²) in [5, 5.41) is 7.34. The van der Waals surface area contributed by atoms with Crippen LogP contribution >= 0.6 is 0 Å². The van der Waals surface area contributed by atoms with Crippen LogP contribution in [-0.4, -0.2) is 51.6 Å². The van der Waals surface area contributed by atoms with Gasteiger partial charge in [0.05, 0.1) is 13.3 Å². The van der Waals surface area contributed by atoms with Crippen molar-refractivity contribution in [3.05, 3.63) is 60.0 Å². The van der Waals surface area contributed by atoms with Gasteiger partial charge in [0.2, 0.25) is 0 Å². The zero-order valence-corrected chi connectivity index (χ0v) is 15.3. The molecule has 0 saturated carbocycles. The Labute approximate surface area is 158 Å². The molecule has 1 amide bonds. The van der Waals surface area contributed by atoms with E-state index in [-0.39, 0.29) is 11.9 Å². The maximum Gasteiger partial charge on any atom is 0.257 e. The summed E-state index contributed by atoms with van der Waals surface area (Å²) in [7, 11) is 1.68. The largest absolute Gasteiger partial charge is 0.497 e. The zero-order valence-electron chi connectivity index (χ0n) is 15.3. The number of fused-ring (bicyclic) bond motifs is 1. The lowest BCUT2D eigenvalue weighted by Crippen LogP contribution is -2.47. The number of carbonyl (C=O) groups is 1. The quantitative estimate of drug-likeness (QED) is 0.750. The molecule has 7 heteroatoms. The number of nitrogens with one attached hydrogen (secondary N) is 1. The molecule has 1 saturated heterocycles. The van der Waals surface area contributed by atoms with Gasteiger partial charge in [0, 0.05) is 31.5 Å². The molecular weight excluding hydrogens is 342 g/mol. The third-order valence-electron chi connectivity index (χ3n) is 4.90. The van der Waals surface area contributed by atoms with E-state index in [1.54, 1.807) is 36.3 Å². The van der Waals surface area contributed by atoms with Crippen molar-refractivity contribution < 1.29 is 9.53 Å². The van der Waals surface area contributed by atoms with Crippen molar-refractivity contribution in [3.63, 3.8) is 0 Å². The molecule has 1 atom stereocenters. The predicted molar refractivity (Wildman–Crippen MR) is 102 cm³/mol. The molecule has 0 radical (unpaired) electrons. The Morgan fingerprint density at radius 1 is 1.37 bits per heavy atom. The van der Waals surface area contributed by atoms with E-state index >= 15 is 0 Å². The number of ether oxygens (including phenoxy) is 1. The predicted octanol–water partition coefficient (Wildman–Crippen LogP) is 2.13. The molecule has 0 spiro atoms. The fourth-order valence-electron chi connectivity index (χ4n) is 3.60. The van der Waals surface area contributed by atoms with Gasteiger partial charge < -0.3 is 10.1 Å². The molecule has 1 aliphatic rings. The number of amides is 1. The first-order valence-electron chi connectivity index (χ1n) is 9.17. The normalized spacial score (nSPS) is 17.7. The first-order valence-corrected chi connectivity index (χ1v) is 9.17. The third kappa shape index (κ3) is 3.93. The van der Waals surface area contributed by atoms with Crippen molar-refractivity contribution >= 4 is 11.6 Å². The molecular formula is C20H23N5O2. The Morgan fingerprint density at radius 2 is 2.30 bits per heavy atom. The van der Waals surface area contributed by atoms with Gasteiger partial charge in [0.15, 0.2) is 5.65 Å². The number of benzene rings is 1. The van der Waals surface area contributed by atoms with Gasteiger partial charge in [-0.25, -0.2) is 9.50 Å². The first kappa shape index (κ1) is 17.5. The SMILES string of the molecule is COc1cccc(CN2CCC[C@H](NC(=O)c3cnn4cccnc34)C2)c1. The van der Waals surface area contributed by atoms with Gasteiger partial charge in [0.1, 0.15) is 11.3 Å². The van der Waals surface area contributed by atoms with Crippen LogP contribution in [0.25, 0.3) is 5.65 Å². The van der Waals surface area contributed by atoms with E-state index in [9.17, 15) is 4.79 Å². The second kappa shape index (κ2) is 7.75. The van der Waals surface area contributed by atoms with Gasteiger partial charge >= 0.3 is 0 Å². The fourth-order valence-corrected chi connectivity index (χ4v) is 3.60. The minimum atomic E-state index is -0.114. The number of likely N-dealkylation sites (tertiary alicyclic amines) is 1. The van der Waals surface area contributed by atoms with E-state index in [4.69, 9.17) is 4.74 Å². The molecule has 0 bridgehead atoms. The molecule has 1 fully saturated rings. The van der Waals surface area contributed by atoms with Crippen LogP contribution in [0.1, 0.15) is 28.8 Å². The minimum Gasteiger partial charge on any atom is -0.497 e. The Balaban J connectivity index is 1.40. The van der Waals surface area contributed by atoms with Crippen molar-refractivity contribution in [1.82, 2.24) is 24.8 Å². The van der Waals surface area contributed by atoms with Gasteiger partial charge in [-0.05, 0) is 43.1 Å². The summed E-state index contributed by atoms with van der Waals surface area (Å²) in [5.74, 6) is 0.756.